The average molecular weight is 528 g/mol. The Kier molecular flexibility index (Phi) is 7.03. The minimum Gasteiger partial charge on any atom is -0.495 e. The Labute approximate surface area is 224 Å². The predicted molar refractivity (Wildman–Crippen MR) is 147 cm³/mol. The molecule has 0 saturated heterocycles. The molecule has 0 aliphatic heterocycles. The molecule has 0 spiro atoms. The molecule has 2 aromatic heterocycles. The zero-order valence-corrected chi connectivity index (χ0v) is 22.0. The number of carbonyl (C=O) groups excluding carboxylic acids is 1. The Hall–Kier alpha value is -4.36. The van der Waals surface area contributed by atoms with Crippen LogP contribution >= 0.6 is 11.6 Å². The number of ether oxygens (including phenoxy) is 1. The van der Waals surface area contributed by atoms with Gasteiger partial charge in [0.15, 0.2) is 0 Å². The molecule has 2 heterocycles. The summed E-state index contributed by atoms with van der Waals surface area (Å²) in [7, 11) is 1.56. The van der Waals surface area contributed by atoms with Crippen molar-refractivity contribution in [3.63, 3.8) is 0 Å². The topological polar surface area (TPSA) is 77.6 Å². The first-order valence-electron chi connectivity index (χ1n) is 12.1. The Morgan fingerprint density at radius 3 is 2.55 bits per heavy atom. The van der Waals surface area contributed by atoms with E-state index >= 15 is 0 Å². The summed E-state index contributed by atoms with van der Waals surface area (Å²) < 4.78 is 12.8. The quantitative estimate of drug-likeness (QED) is 0.246. The van der Waals surface area contributed by atoms with Crippen LogP contribution in [0.3, 0.4) is 0 Å². The van der Waals surface area contributed by atoms with Crippen molar-refractivity contribution in [1.82, 2.24) is 14.5 Å². The van der Waals surface area contributed by atoms with E-state index in [0.717, 1.165) is 5.56 Å². The van der Waals surface area contributed by atoms with Crippen molar-refractivity contribution in [2.24, 2.45) is 0 Å². The summed E-state index contributed by atoms with van der Waals surface area (Å²) in [6, 6.07) is 22.4. The predicted octanol–water partition coefficient (Wildman–Crippen LogP) is 6.35. The summed E-state index contributed by atoms with van der Waals surface area (Å²) in [5.74, 6) is 1.26. The highest BCUT2D eigenvalue weighted by atomic mass is 35.5. The van der Waals surface area contributed by atoms with Crippen LogP contribution < -0.4 is 10.3 Å². The van der Waals surface area contributed by atoms with Crippen molar-refractivity contribution in [3.05, 3.63) is 123 Å². The van der Waals surface area contributed by atoms with E-state index in [1.165, 1.54) is 0 Å². The zero-order chi connectivity index (χ0) is 26.8. The van der Waals surface area contributed by atoms with E-state index in [1.807, 2.05) is 38.1 Å². The van der Waals surface area contributed by atoms with Crippen LogP contribution in [-0.2, 0) is 6.54 Å². The van der Waals surface area contributed by atoms with Crippen LogP contribution in [0.15, 0.2) is 94.3 Å². The second kappa shape index (κ2) is 10.6. The average Bonchev–Trinajstić information content (AvgIpc) is 3.45. The van der Waals surface area contributed by atoms with E-state index in [-0.39, 0.29) is 18.0 Å². The van der Waals surface area contributed by atoms with Crippen LogP contribution in [0, 0.1) is 6.92 Å². The highest BCUT2D eigenvalue weighted by Gasteiger charge is 2.29. The van der Waals surface area contributed by atoms with Gasteiger partial charge in [0, 0.05) is 10.6 Å². The summed E-state index contributed by atoms with van der Waals surface area (Å²) in [6.45, 7) is 3.97. The van der Waals surface area contributed by atoms with Gasteiger partial charge >= 0.3 is 0 Å². The van der Waals surface area contributed by atoms with Gasteiger partial charge in [0.05, 0.1) is 42.5 Å². The molecule has 7 nitrogen and oxygen atoms in total. The van der Waals surface area contributed by atoms with E-state index in [2.05, 4.69) is 0 Å². The third-order valence-electron chi connectivity index (χ3n) is 6.48. The Morgan fingerprint density at radius 1 is 1.08 bits per heavy atom. The number of methoxy groups -OCH3 is 1. The zero-order valence-electron chi connectivity index (χ0n) is 21.2. The highest BCUT2D eigenvalue weighted by Crippen LogP contribution is 2.30. The fourth-order valence-electron chi connectivity index (χ4n) is 4.49. The van der Waals surface area contributed by atoms with Crippen molar-refractivity contribution in [2.45, 2.75) is 26.4 Å². The van der Waals surface area contributed by atoms with E-state index in [1.54, 1.807) is 77.4 Å². The smallest absolute Gasteiger partial charge is 0.266 e. The molecule has 5 aromatic rings. The Morgan fingerprint density at radius 2 is 1.84 bits per heavy atom. The van der Waals surface area contributed by atoms with E-state index in [4.69, 9.17) is 25.7 Å². The van der Waals surface area contributed by atoms with Gasteiger partial charge in [-0.2, -0.15) is 0 Å². The second-order valence-corrected chi connectivity index (χ2v) is 9.43. The molecule has 0 radical (unpaired) electrons. The van der Waals surface area contributed by atoms with Gasteiger partial charge in [0.25, 0.3) is 11.5 Å². The molecule has 1 amide bonds. The number of aromatic nitrogens is 2. The summed E-state index contributed by atoms with van der Waals surface area (Å²) >= 11 is 6.07. The van der Waals surface area contributed by atoms with Crippen molar-refractivity contribution < 1.29 is 13.9 Å². The molecule has 0 bridgehead atoms. The lowest BCUT2D eigenvalue weighted by molar-refractivity contribution is 0.0648. The number of fused-ring (bicyclic) bond motifs is 1. The van der Waals surface area contributed by atoms with Crippen molar-refractivity contribution in [1.29, 1.82) is 0 Å². The van der Waals surface area contributed by atoms with Crippen molar-refractivity contribution in [2.75, 3.05) is 7.11 Å². The maximum atomic E-state index is 14.0. The number of furan rings is 1. The highest BCUT2D eigenvalue weighted by molar-refractivity contribution is 6.30. The fourth-order valence-corrected chi connectivity index (χ4v) is 4.62. The van der Waals surface area contributed by atoms with Gasteiger partial charge in [0.1, 0.15) is 17.3 Å². The maximum Gasteiger partial charge on any atom is 0.266 e. The lowest BCUT2D eigenvalue weighted by Gasteiger charge is -2.30. The molecule has 1 atom stereocenters. The monoisotopic (exact) mass is 527 g/mol. The van der Waals surface area contributed by atoms with Gasteiger partial charge in [-0.25, -0.2) is 4.98 Å². The molecule has 0 aliphatic rings. The molecule has 3 aromatic carbocycles. The van der Waals surface area contributed by atoms with Crippen molar-refractivity contribution in [3.8, 4) is 11.4 Å². The van der Waals surface area contributed by atoms with E-state index in [0.29, 0.717) is 44.5 Å². The number of benzene rings is 3. The number of para-hydroxylation sites is 1. The van der Waals surface area contributed by atoms with E-state index < -0.39 is 6.04 Å². The van der Waals surface area contributed by atoms with Gasteiger partial charge < -0.3 is 14.1 Å². The first-order valence-corrected chi connectivity index (χ1v) is 12.5. The molecule has 1 unspecified atom stereocenters. The van der Waals surface area contributed by atoms with Crippen LogP contribution in [0.4, 0.5) is 0 Å². The van der Waals surface area contributed by atoms with Gasteiger partial charge in [-0.15, -0.1) is 0 Å². The minimum absolute atomic E-state index is 0.170. The summed E-state index contributed by atoms with van der Waals surface area (Å²) in [6.07, 6.45) is 1.56. The lowest BCUT2D eigenvalue weighted by Crippen LogP contribution is -2.37. The summed E-state index contributed by atoms with van der Waals surface area (Å²) in [5.41, 5.74) is 2.24. The Bertz CT molecular complexity index is 1660. The molecule has 0 aliphatic carbocycles. The van der Waals surface area contributed by atoms with Gasteiger partial charge in [-0.1, -0.05) is 29.8 Å². The molecular weight excluding hydrogens is 502 g/mol. The Balaban J connectivity index is 1.74. The number of rotatable bonds is 7. The second-order valence-electron chi connectivity index (χ2n) is 9.00. The molecule has 0 N–H and O–H groups in total. The standard InChI is InChI=1S/C30H26ClN3O4/c1-19-10-15-27(37-3)26(17-19)34-28(32-25-9-5-4-8-24(25)30(34)36)20(2)33(18-23-7-6-16-38-23)29(35)21-11-13-22(31)14-12-21/h4-17,20H,18H2,1-3H3. The molecule has 0 saturated carbocycles. The number of nitrogens with zero attached hydrogens (tertiary/aromatic N) is 3. The number of hydrogen-bond donors (Lipinski definition) is 0. The number of aryl methyl sites for hydroxylation is 1. The van der Waals surface area contributed by atoms with Gasteiger partial charge in [0.2, 0.25) is 0 Å². The van der Waals surface area contributed by atoms with Crippen LogP contribution in [0.1, 0.15) is 40.5 Å². The largest absolute Gasteiger partial charge is 0.495 e. The molecule has 38 heavy (non-hydrogen) atoms. The fraction of sp³-hybridized carbons (Fsp3) is 0.167. The summed E-state index contributed by atoms with van der Waals surface area (Å²) in [4.78, 5) is 34.4. The van der Waals surface area contributed by atoms with Crippen LogP contribution in [-0.4, -0.2) is 27.5 Å². The van der Waals surface area contributed by atoms with E-state index in [9.17, 15) is 9.59 Å². The number of hydrogen-bond acceptors (Lipinski definition) is 5. The normalized spacial score (nSPS) is 11.9. The maximum absolute atomic E-state index is 14.0. The third kappa shape index (κ3) is 4.80. The SMILES string of the molecule is COc1ccc(C)cc1-n1c(C(C)N(Cc2ccco2)C(=O)c2ccc(Cl)cc2)nc2ccccc2c1=O. The van der Waals surface area contributed by atoms with Gasteiger partial charge in [-0.3, -0.25) is 14.2 Å². The summed E-state index contributed by atoms with van der Waals surface area (Å²) in [5, 5.41) is 0.998. The minimum atomic E-state index is -0.634. The third-order valence-corrected chi connectivity index (χ3v) is 6.73. The number of halogens is 1. The molecule has 8 heteroatoms. The van der Waals surface area contributed by atoms with Crippen LogP contribution in [0.25, 0.3) is 16.6 Å². The van der Waals surface area contributed by atoms with Crippen molar-refractivity contribution >= 4 is 28.4 Å². The number of amides is 1. The van der Waals surface area contributed by atoms with Gasteiger partial charge in [-0.05, 0) is 80.1 Å². The first-order chi connectivity index (χ1) is 18.4. The molecule has 5 rings (SSSR count). The molecular formula is C30H26ClN3O4. The van der Waals surface area contributed by atoms with Crippen LogP contribution in [0.5, 0.6) is 5.75 Å². The number of carbonyl (C=O) groups is 1. The lowest BCUT2D eigenvalue weighted by atomic mass is 10.1. The molecule has 0 fully saturated rings. The molecule has 192 valence electrons. The van der Waals surface area contributed by atoms with Crippen LogP contribution in [0.2, 0.25) is 5.02 Å². The first kappa shape index (κ1) is 25.3.